The van der Waals surface area contributed by atoms with E-state index in [9.17, 15) is 0 Å². The van der Waals surface area contributed by atoms with Crippen LogP contribution in [0.2, 0.25) is 0 Å². The van der Waals surface area contributed by atoms with Gasteiger partial charge in [-0.25, -0.2) is 4.98 Å². The molecular formula is C11H22N2. The van der Waals surface area contributed by atoms with Gasteiger partial charge in [-0.2, -0.15) is 0 Å². The number of rotatable bonds is 2. The van der Waals surface area contributed by atoms with E-state index in [1.165, 1.54) is 5.69 Å². The quantitative estimate of drug-likeness (QED) is 0.742. The molecule has 0 aliphatic heterocycles. The molecule has 1 heterocycles. The van der Waals surface area contributed by atoms with Crippen molar-refractivity contribution in [2.24, 2.45) is 0 Å². The van der Waals surface area contributed by atoms with Crippen molar-refractivity contribution in [2.75, 3.05) is 0 Å². The fraction of sp³-hybridized carbons (Fsp3) is 0.727. The predicted molar refractivity (Wildman–Crippen MR) is 58.1 cm³/mol. The SMILES string of the molecule is CC.CC(C)c1cnc(C(C)C)[nH]1. The minimum absolute atomic E-state index is 0.502. The molecule has 76 valence electrons. The first-order chi connectivity index (χ1) is 6.11. The highest BCUT2D eigenvalue weighted by atomic mass is 14.9. The molecule has 0 bridgehead atoms. The Morgan fingerprint density at radius 1 is 1.08 bits per heavy atom. The minimum Gasteiger partial charge on any atom is -0.345 e. The first-order valence-corrected chi connectivity index (χ1v) is 5.16. The maximum atomic E-state index is 4.28. The average Bonchev–Trinajstić information content (AvgIpc) is 2.56. The minimum atomic E-state index is 0.502. The van der Waals surface area contributed by atoms with E-state index in [1.54, 1.807) is 0 Å². The molecular weight excluding hydrogens is 160 g/mol. The second-order valence-electron chi connectivity index (χ2n) is 3.53. The van der Waals surface area contributed by atoms with Crippen molar-refractivity contribution in [3.05, 3.63) is 17.7 Å². The van der Waals surface area contributed by atoms with Gasteiger partial charge < -0.3 is 4.98 Å². The van der Waals surface area contributed by atoms with Gasteiger partial charge in [-0.15, -0.1) is 0 Å². The van der Waals surface area contributed by atoms with Crippen molar-refractivity contribution in [2.45, 2.75) is 53.4 Å². The lowest BCUT2D eigenvalue weighted by atomic mass is 10.1. The number of aromatic amines is 1. The summed E-state index contributed by atoms with van der Waals surface area (Å²) in [5.74, 6) is 2.14. The van der Waals surface area contributed by atoms with Gasteiger partial charge in [0.1, 0.15) is 5.82 Å². The molecule has 0 atom stereocenters. The van der Waals surface area contributed by atoms with Crippen LogP contribution in [-0.2, 0) is 0 Å². The molecule has 0 saturated carbocycles. The zero-order valence-corrected chi connectivity index (χ0v) is 9.68. The Kier molecular flexibility index (Phi) is 5.44. The standard InChI is InChI=1S/C9H16N2.C2H6/c1-6(2)8-5-10-9(11-8)7(3)4;1-2/h5-7H,1-4H3,(H,10,11);1-2H3. The molecule has 0 aliphatic carbocycles. The van der Waals surface area contributed by atoms with Crippen LogP contribution in [0.4, 0.5) is 0 Å². The molecule has 1 aromatic rings. The molecule has 2 heteroatoms. The van der Waals surface area contributed by atoms with Gasteiger partial charge in [0.25, 0.3) is 0 Å². The molecule has 13 heavy (non-hydrogen) atoms. The molecule has 0 radical (unpaired) electrons. The molecule has 2 nitrogen and oxygen atoms in total. The first kappa shape index (κ1) is 12.2. The molecule has 0 saturated heterocycles. The highest BCUT2D eigenvalue weighted by Crippen LogP contribution is 2.15. The van der Waals surface area contributed by atoms with Gasteiger partial charge >= 0.3 is 0 Å². The molecule has 0 aliphatic rings. The van der Waals surface area contributed by atoms with Crippen LogP contribution in [0.5, 0.6) is 0 Å². The summed E-state index contributed by atoms with van der Waals surface area (Å²) in [7, 11) is 0. The Bertz CT molecular complexity index is 201. The maximum Gasteiger partial charge on any atom is 0.108 e. The molecule has 1 rings (SSSR count). The number of nitrogens with zero attached hydrogens (tertiary/aromatic N) is 1. The van der Waals surface area contributed by atoms with Crippen molar-refractivity contribution < 1.29 is 0 Å². The second kappa shape index (κ2) is 5.79. The fourth-order valence-corrected chi connectivity index (χ4v) is 0.938. The number of H-pyrrole nitrogens is 1. The van der Waals surface area contributed by atoms with Crippen LogP contribution in [0.1, 0.15) is 64.9 Å². The van der Waals surface area contributed by atoms with Gasteiger partial charge in [0, 0.05) is 17.8 Å². The van der Waals surface area contributed by atoms with Crippen LogP contribution >= 0.6 is 0 Å². The molecule has 1 N–H and O–H groups in total. The summed E-state index contributed by atoms with van der Waals surface area (Å²) in [5, 5.41) is 0. The largest absolute Gasteiger partial charge is 0.345 e. The summed E-state index contributed by atoms with van der Waals surface area (Å²) in [6.07, 6.45) is 1.93. The molecule has 0 aromatic carbocycles. The number of aromatic nitrogens is 2. The third-order valence-electron chi connectivity index (χ3n) is 1.78. The zero-order chi connectivity index (χ0) is 10.4. The van der Waals surface area contributed by atoms with Crippen LogP contribution in [-0.4, -0.2) is 9.97 Å². The summed E-state index contributed by atoms with van der Waals surface area (Å²) in [6, 6.07) is 0. The summed E-state index contributed by atoms with van der Waals surface area (Å²) < 4.78 is 0. The lowest BCUT2D eigenvalue weighted by molar-refractivity contribution is 0.771. The summed E-state index contributed by atoms with van der Waals surface area (Å²) in [5.41, 5.74) is 1.23. The summed E-state index contributed by atoms with van der Waals surface area (Å²) in [6.45, 7) is 12.6. The lowest BCUT2D eigenvalue weighted by Crippen LogP contribution is -1.91. The van der Waals surface area contributed by atoms with Crippen LogP contribution in [0.15, 0.2) is 6.20 Å². The van der Waals surface area contributed by atoms with Crippen LogP contribution in [0.25, 0.3) is 0 Å². The van der Waals surface area contributed by atoms with E-state index in [4.69, 9.17) is 0 Å². The van der Waals surface area contributed by atoms with Gasteiger partial charge in [-0.05, 0) is 5.92 Å². The summed E-state index contributed by atoms with van der Waals surface area (Å²) in [4.78, 5) is 7.58. The molecule has 0 unspecified atom stereocenters. The highest BCUT2D eigenvalue weighted by molar-refractivity contribution is 5.07. The van der Waals surface area contributed by atoms with Gasteiger partial charge in [0.15, 0.2) is 0 Å². The number of imidazole rings is 1. The zero-order valence-electron chi connectivity index (χ0n) is 9.68. The van der Waals surface area contributed by atoms with Crippen LogP contribution in [0, 0.1) is 0 Å². The van der Waals surface area contributed by atoms with E-state index in [0.717, 1.165) is 5.82 Å². The Morgan fingerprint density at radius 2 is 1.62 bits per heavy atom. The molecule has 0 fully saturated rings. The van der Waals surface area contributed by atoms with Crippen molar-refractivity contribution >= 4 is 0 Å². The molecule has 0 amide bonds. The van der Waals surface area contributed by atoms with Crippen molar-refractivity contribution in [3.63, 3.8) is 0 Å². The van der Waals surface area contributed by atoms with Crippen molar-refractivity contribution in [1.29, 1.82) is 0 Å². The third kappa shape index (κ3) is 3.62. The second-order valence-corrected chi connectivity index (χ2v) is 3.53. The third-order valence-corrected chi connectivity index (χ3v) is 1.78. The summed E-state index contributed by atoms with van der Waals surface area (Å²) >= 11 is 0. The Labute approximate surface area is 81.8 Å². The van der Waals surface area contributed by atoms with E-state index in [1.807, 2.05) is 20.0 Å². The van der Waals surface area contributed by atoms with Gasteiger partial charge in [-0.1, -0.05) is 41.5 Å². The van der Waals surface area contributed by atoms with E-state index in [2.05, 4.69) is 37.7 Å². The first-order valence-electron chi connectivity index (χ1n) is 5.16. The van der Waals surface area contributed by atoms with Crippen molar-refractivity contribution in [3.8, 4) is 0 Å². The van der Waals surface area contributed by atoms with E-state index in [-0.39, 0.29) is 0 Å². The Hall–Kier alpha value is -0.790. The van der Waals surface area contributed by atoms with Gasteiger partial charge in [-0.3, -0.25) is 0 Å². The maximum absolute atomic E-state index is 4.28. The fourth-order valence-electron chi connectivity index (χ4n) is 0.938. The number of hydrogen-bond donors (Lipinski definition) is 1. The van der Waals surface area contributed by atoms with Gasteiger partial charge in [0.05, 0.1) is 0 Å². The van der Waals surface area contributed by atoms with E-state index in [0.29, 0.717) is 11.8 Å². The Balaban J connectivity index is 0.000000671. The normalized spacial score (nSPS) is 10.2. The van der Waals surface area contributed by atoms with Crippen LogP contribution in [0.3, 0.4) is 0 Å². The number of nitrogens with one attached hydrogen (secondary N) is 1. The van der Waals surface area contributed by atoms with Gasteiger partial charge in [0.2, 0.25) is 0 Å². The topological polar surface area (TPSA) is 28.7 Å². The predicted octanol–water partition coefficient (Wildman–Crippen LogP) is 3.68. The lowest BCUT2D eigenvalue weighted by Gasteiger charge is -2.00. The van der Waals surface area contributed by atoms with Crippen molar-refractivity contribution in [1.82, 2.24) is 9.97 Å². The van der Waals surface area contributed by atoms with E-state index < -0.39 is 0 Å². The van der Waals surface area contributed by atoms with Crippen LogP contribution < -0.4 is 0 Å². The monoisotopic (exact) mass is 182 g/mol. The van der Waals surface area contributed by atoms with E-state index >= 15 is 0 Å². The Morgan fingerprint density at radius 3 is 1.85 bits per heavy atom. The molecule has 0 spiro atoms. The molecule has 1 aromatic heterocycles. The average molecular weight is 182 g/mol. The highest BCUT2D eigenvalue weighted by Gasteiger charge is 2.05. The smallest absolute Gasteiger partial charge is 0.108 e. The number of hydrogen-bond acceptors (Lipinski definition) is 1.